The summed E-state index contributed by atoms with van der Waals surface area (Å²) < 4.78 is 49.3. The Labute approximate surface area is 189 Å². The number of benzene rings is 3. The maximum atomic E-state index is 13.8. The van der Waals surface area contributed by atoms with E-state index in [1.54, 1.807) is 19.1 Å². The van der Waals surface area contributed by atoms with Crippen LogP contribution in [0.1, 0.15) is 5.56 Å². The predicted octanol–water partition coefficient (Wildman–Crippen LogP) is 4.68. The third-order valence-electron chi connectivity index (χ3n) is 4.16. The molecule has 3 rings (SSSR count). The smallest absolute Gasteiger partial charge is 0.555 e. The van der Waals surface area contributed by atoms with Gasteiger partial charge in [0.25, 0.3) is 11.4 Å². The van der Waals surface area contributed by atoms with Crippen LogP contribution in [-0.2, 0) is 15.8 Å². The summed E-state index contributed by atoms with van der Waals surface area (Å²) in [6.45, 7) is 1.77. The molecule has 0 saturated heterocycles. The van der Waals surface area contributed by atoms with Gasteiger partial charge in [0.15, 0.2) is 0 Å². The quantitative estimate of drug-likeness (QED) is 0.178. The van der Waals surface area contributed by atoms with E-state index in [0.29, 0.717) is 4.08 Å². The summed E-state index contributed by atoms with van der Waals surface area (Å²) in [7, 11) is -4.76. The minimum atomic E-state index is -4.76. The molecular weight excluding hydrogens is 477 g/mol. The van der Waals surface area contributed by atoms with E-state index < -0.39 is 28.9 Å². The second kappa shape index (κ2) is 9.77. The molecule has 0 aliphatic heterocycles. The van der Waals surface area contributed by atoms with E-state index in [4.69, 9.17) is 9.05 Å². The van der Waals surface area contributed by atoms with Crippen molar-refractivity contribution in [2.75, 3.05) is 4.08 Å². The standard InChI is InChI=1S/C19H16N3O9PS/c1-14-2-4-17(5-3-14)22(33(28)29)32(27,30-18-10-6-15(7-11-18)20(23)24)31-19-12-8-16(9-13-19)21(25)26/h2-13H,1H3,(H,28,29)/p-1. The van der Waals surface area contributed by atoms with Crippen molar-refractivity contribution in [3.8, 4) is 11.5 Å². The molecular formula is C19H15N3O9PS-. The molecule has 3 aromatic carbocycles. The molecule has 0 N–H and O–H groups in total. The Bertz CT molecular complexity index is 1170. The molecule has 12 nitrogen and oxygen atoms in total. The normalized spacial score (nSPS) is 11.9. The summed E-state index contributed by atoms with van der Waals surface area (Å²) in [4.78, 5) is 20.4. The van der Waals surface area contributed by atoms with E-state index >= 15 is 0 Å². The van der Waals surface area contributed by atoms with Crippen molar-refractivity contribution in [2.45, 2.75) is 6.92 Å². The molecule has 0 radical (unpaired) electrons. The fraction of sp³-hybridized carbons (Fsp3) is 0.0526. The van der Waals surface area contributed by atoms with Crippen molar-refractivity contribution >= 4 is 36.1 Å². The second-order valence-electron chi connectivity index (χ2n) is 6.48. The highest BCUT2D eigenvalue weighted by molar-refractivity contribution is 7.90. The zero-order valence-electron chi connectivity index (χ0n) is 16.8. The van der Waals surface area contributed by atoms with Gasteiger partial charge in [-0.05, 0) is 43.3 Å². The third kappa shape index (κ3) is 5.71. The van der Waals surface area contributed by atoms with Crippen molar-refractivity contribution in [2.24, 2.45) is 0 Å². The topological polar surface area (TPSA) is 165 Å². The Morgan fingerprint density at radius 3 is 1.52 bits per heavy atom. The highest BCUT2D eigenvalue weighted by Gasteiger charge is 2.39. The number of hydrogen-bond donors (Lipinski definition) is 0. The van der Waals surface area contributed by atoms with E-state index in [-0.39, 0.29) is 28.6 Å². The monoisotopic (exact) mass is 492 g/mol. The number of nitro benzene ring substituents is 2. The van der Waals surface area contributed by atoms with E-state index in [1.807, 2.05) is 0 Å². The number of aryl methyl sites for hydroxylation is 1. The first-order chi connectivity index (χ1) is 15.6. The van der Waals surface area contributed by atoms with E-state index in [2.05, 4.69) is 0 Å². The van der Waals surface area contributed by atoms with Crippen LogP contribution in [0.25, 0.3) is 0 Å². The van der Waals surface area contributed by atoms with Gasteiger partial charge in [-0.3, -0.25) is 24.4 Å². The Morgan fingerprint density at radius 2 is 1.18 bits per heavy atom. The summed E-state index contributed by atoms with van der Waals surface area (Å²) in [6, 6.07) is 14.8. The average Bonchev–Trinajstić information content (AvgIpc) is 2.75. The lowest BCUT2D eigenvalue weighted by Gasteiger charge is -2.32. The average molecular weight is 492 g/mol. The Kier molecular flexibility index (Phi) is 7.07. The van der Waals surface area contributed by atoms with Crippen LogP contribution in [0, 0.1) is 27.2 Å². The van der Waals surface area contributed by atoms with Crippen molar-refractivity contribution in [3.05, 3.63) is 98.6 Å². The van der Waals surface area contributed by atoms with Crippen LogP contribution in [0.2, 0.25) is 0 Å². The lowest BCUT2D eigenvalue weighted by atomic mass is 10.2. The number of hydrogen-bond acceptors (Lipinski definition) is 9. The molecule has 0 amide bonds. The zero-order valence-corrected chi connectivity index (χ0v) is 18.5. The van der Waals surface area contributed by atoms with Crippen LogP contribution in [0.4, 0.5) is 17.1 Å². The van der Waals surface area contributed by atoms with Gasteiger partial charge in [0.2, 0.25) is 0 Å². The third-order valence-corrected chi connectivity index (χ3v) is 7.21. The number of non-ortho nitro benzene ring substituents is 2. The minimum absolute atomic E-state index is 0.0407. The van der Waals surface area contributed by atoms with Crippen LogP contribution < -0.4 is 13.1 Å². The van der Waals surface area contributed by atoms with Gasteiger partial charge in [0.05, 0.1) is 26.8 Å². The van der Waals surface area contributed by atoms with Gasteiger partial charge in [-0.1, -0.05) is 17.7 Å². The van der Waals surface area contributed by atoms with Gasteiger partial charge >= 0.3 is 7.75 Å². The van der Waals surface area contributed by atoms with E-state index in [9.17, 15) is 33.6 Å². The summed E-state index contributed by atoms with van der Waals surface area (Å²) in [5.41, 5.74) is 0.228. The molecule has 0 aromatic heterocycles. The maximum Gasteiger partial charge on any atom is 0.555 e. The molecule has 0 spiro atoms. The minimum Gasteiger partial charge on any atom is -0.755 e. The fourth-order valence-corrected chi connectivity index (χ4v) is 5.12. The number of nitrogens with zero attached hydrogens (tertiary/aromatic N) is 3. The lowest BCUT2D eigenvalue weighted by Crippen LogP contribution is -2.27. The number of rotatable bonds is 9. The Hall–Kier alpha value is -3.80. The first-order valence-electron chi connectivity index (χ1n) is 9.04. The summed E-state index contributed by atoms with van der Waals surface area (Å²) in [5.74, 6) is -0.346. The summed E-state index contributed by atoms with van der Waals surface area (Å²) >= 11 is -3.15. The zero-order chi connectivity index (χ0) is 24.2. The lowest BCUT2D eigenvalue weighted by molar-refractivity contribution is -0.385. The van der Waals surface area contributed by atoms with Crippen LogP contribution in [0.5, 0.6) is 11.5 Å². The van der Waals surface area contributed by atoms with Crippen LogP contribution in [-0.4, -0.2) is 18.6 Å². The van der Waals surface area contributed by atoms with Gasteiger partial charge in [-0.25, -0.2) is 4.57 Å². The molecule has 0 aliphatic rings. The number of anilines is 1. The molecule has 0 bridgehead atoms. The maximum absolute atomic E-state index is 13.8. The first-order valence-corrected chi connectivity index (χ1v) is 11.6. The number of nitro groups is 2. The van der Waals surface area contributed by atoms with Crippen LogP contribution >= 0.6 is 7.75 Å². The van der Waals surface area contributed by atoms with Crippen molar-refractivity contribution in [1.29, 1.82) is 0 Å². The van der Waals surface area contributed by atoms with E-state index in [1.165, 1.54) is 12.1 Å². The van der Waals surface area contributed by atoms with Gasteiger partial charge in [0, 0.05) is 24.3 Å². The van der Waals surface area contributed by atoms with E-state index in [0.717, 1.165) is 54.1 Å². The Balaban J connectivity index is 2.05. The molecule has 14 heteroatoms. The molecule has 0 fully saturated rings. The van der Waals surface area contributed by atoms with Crippen LogP contribution in [0.3, 0.4) is 0 Å². The molecule has 172 valence electrons. The van der Waals surface area contributed by atoms with Crippen molar-refractivity contribution in [3.63, 3.8) is 0 Å². The highest BCUT2D eigenvalue weighted by atomic mass is 32.2. The molecule has 0 heterocycles. The second-order valence-corrected chi connectivity index (χ2v) is 9.25. The molecule has 1 atom stereocenters. The highest BCUT2D eigenvalue weighted by Crippen LogP contribution is 2.54. The first kappa shape index (κ1) is 23.9. The summed E-state index contributed by atoms with van der Waals surface area (Å²) in [6.07, 6.45) is 0. The van der Waals surface area contributed by atoms with Gasteiger partial charge in [-0.15, -0.1) is 0 Å². The fourth-order valence-electron chi connectivity index (χ4n) is 2.60. The molecule has 1 unspecified atom stereocenters. The molecule has 33 heavy (non-hydrogen) atoms. The largest absolute Gasteiger partial charge is 0.755 e. The summed E-state index contributed by atoms with van der Waals surface area (Å²) in [5, 5.41) is 21.7. The van der Waals surface area contributed by atoms with Crippen molar-refractivity contribution in [1.82, 2.24) is 0 Å². The van der Waals surface area contributed by atoms with Gasteiger partial charge < -0.3 is 13.6 Å². The molecule has 3 aromatic rings. The van der Waals surface area contributed by atoms with Gasteiger partial charge in [-0.2, -0.15) is 4.08 Å². The van der Waals surface area contributed by atoms with Crippen LogP contribution in [0.15, 0.2) is 72.8 Å². The molecule has 0 aliphatic carbocycles. The van der Waals surface area contributed by atoms with Crippen molar-refractivity contribution < 1.29 is 32.2 Å². The SMILES string of the molecule is Cc1ccc(N(S(=O)[O-])P(=O)(Oc2ccc([N+](=O)[O-])cc2)Oc2ccc([N+](=O)[O-])cc2)cc1. The Morgan fingerprint density at radius 1 is 0.788 bits per heavy atom. The van der Waals surface area contributed by atoms with Gasteiger partial charge in [0.1, 0.15) is 11.5 Å². The predicted molar refractivity (Wildman–Crippen MR) is 118 cm³/mol. The molecule has 0 saturated carbocycles.